The molecule has 0 fully saturated rings. The van der Waals surface area contributed by atoms with Gasteiger partial charge in [-0.25, -0.2) is 0 Å². The zero-order chi connectivity index (χ0) is 7.44. The average Bonchev–Trinajstić information content (AvgIpc) is 1.63. The monoisotopic (exact) mass is 168 g/mol. The molecular formula is C3H5ClN2O2S. The minimum absolute atomic E-state index is 0.686. The maximum atomic E-state index is 10.1. The second-order valence-electron chi connectivity index (χ2n) is 1.21. The number of amides is 2. The molecule has 0 aromatic rings. The first kappa shape index (κ1) is 8.58. The van der Waals surface area contributed by atoms with Crippen LogP contribution in [-0.2, 0) is 4.79 Å². The van der Waals surface area contributed by atoms with E-state index in [1.807, 2.05) is 5.32 Å². The van der Waals surface area contributed by atoms with Crippen molar-refractivity contribution in [3.05, 3.63) is 0 Å². The Kier molecular flexibility index (Phi) is 3.41. The fraction of sp³-hybridized carbons (Fsp3) is 0.333. The van der Waals surface area contributed by atoms with Crippen molar-refractivity contribution in [3.63, 3.8) is 0 Å². The largest absolute Gasteiger partial charge is 0.367 e. The number of carbonyl (C=O) groups excluding carboxylic acids is 2. The quantitative estimate of drug-likeness (QED) is 0.300. The van der Waals surface area contributed by atoms with Gasteiger partial charge in [0.2, 0.25) is 0 Å². The van der Waals surface area contributed by atoms with E-state index in [1.165, 1.54) is 0 Å². The van der Waals surface area contributed by atoms with Crippen LogP contribution in [0.2, 0.25) is 0 Å². The fourth-order valence-electron chi connectivity index (χ4n) is 0.180. The molecule has 0 heterocycles. The van der Waals surface area contributed by atoms with Gasteiger partial charge in [-0.3, -0.25) is 9.59 Å². The van der Waals surface area contributed by atoms with Crippen LogP contribution in [0.1, 0.15) is 0 Å². The van der Waals surface area contributed by atoms with E-state index in [2.05, 4.69) is 18.4 Å². The van der Waals surface area contributed by atoms with Crippen molar-refractivity contribution in [1.29, 1.82) is 0 Å². The molecule has 0 aliphatic heterocycles. The number of nitrogens with one attached hydrogen (secondary N) is 1. The first-order chi connectivity index (χ1) is 4.04. The van der Waals surface area contributed by atoms with Crippen molar-refractivity contribution in [2.75, 3.05) is 0 Å². The SMILES string of the molecule is NC(=O)C(Cl)NC(=O)S. The third-order valence-electron chi connectivity index (χ3n) is 0.500. The van der Waals surface area contributed by atoms with Crippen molar-refractivity contribution in [1.82, 2.24) is 5.32 Å². The highest BCUT2D eigenvalue weighted by molar-refractivity contribution is 7.96. The topological polar surface area (TPSA) is 72.2 Å². The summed E-state index contributed by atoms with van der Waals surface area (Å²) in [4.78, 5) is 20.1. The van der Waals surface area contributed by atoms with E-state index in [9.17, 15) is 9.59 Å². The van der Waals surface area contributed by atoms with Gasteiger partial charge in [-0.15, -0.1) is 0 Å². The number of primary amides is 1. The Labute approximate surface area is 62.1 Å². The zero-order valence-corrected chi connectivity index (χ0v) is 5.95. The molecule has 2 amide bonds. The van der Waals surface area contributed by atoms with Gasteiger partial charge in [0.1, 0.15) is 0 Å². The summed E-state index contributed by atoms with van der Waals surface area (Å²) in [6.07, 6.45) is 0. The summed E-state index contributed by atoms with van der Waals surface area (Å²) in [7, 11) is 0. The van der Waals surface area contributed by atoms with Crippen molar-refractivity contribution in [3.8, 4) is 0 Å². The minimum Gasteiger partial charge on any atom is -0.367 e. The van der Waals surface area contributed by atoms with Gasteiger partial charge in [-0.2, -0.15) is 0 Å². The minimum atomic E-state index is -1.17. The predicted octanol–water partition coefficient (Wildman–Crippen LogP) is -0.324. The molecule has 3 N–H and O–H groups in total. The molecule has 0 bridgehead atoms. The Morgan fingerprint density at radius 1 is 1.67 bits per heavy atom. The summed E-state index contributed by atoms with van der Waals surface area (Å²) in [5, 5.41) is 1.27. The second-order valence-corrected chi connectivity index (χ2v) is 2.06. The van der Waals surface area contributed by atoms with Crippen LogP contribution in [0.4, 0.5) is 4.79 Å². The Morgan fingerprint density at radius 3 is 2.22 bits per heavy atom. The Balaban J connectivity index is 3.63. The van der Waals surface area contributed by atoms with Crippen LogP contribution in [0, 0.1) is 0 Å². The molecule has 0 aliphatic rings. The number of carbonyl (C=O) groups is 2. The van der Waals surface area contributed by atoms with Gasteiger partial charge in [0.15, 0.2) is 5.50 Å². The van der Waals surface area contributed by atoms with Crippen LogP contribution in [0.25, 0.3) is 0 Å². The van der Waals surface area contributed by atoms with Crippen LogP contribution >= 0.6 is 24.2 Å². The molecule has 4 nitrogen and oxygen atoms in total. The Bertz CT molecular complexity index is 140. The molecule has 0 radical (unpaired) electrons. The van der Waals surface area contributed by atoms with Crippen molar-refractivity contribution < 1.29 is 9.59 Å². The number of hydrogen-bond donors (Lipinski definition) is 3. The zero-order valence-electron chi connectivity index (χ0n) is 4.30. The molecule has 0 saturated heterocycles. The normalized spacial score (nSPS) is 12.2. The van der Waals surface area contributed by atoms with Crippen LogP contribution in [-0.4, -0.2) is 16.6 Å². The first-order valence-electron chi connectivity index (χ1n) is 1.97. The molecule has 0 aromatic heterocycles. The van der Waals surface area contributed by atoms with E-state index in [0.29, 0.717) is 0 Å². The molecule has 0 aliphatic carbocycles. The molecule has 0 spiro atoms. The van der Waals surface area contributed by atoms with E-state index in [4.69, 9.17) is 11.6 Å². The van der Waals surface area contributed by atoms with E-state index in [0.717, 1.165) is 0 Å². The lowest BCUT2D eigenvalue weighted by Gasteiger charge is -2.02. The maximum Gasteiger partial charge on any atom is 0.277 e. The standard InChI is InChI=1S/C3H5ClN2O2S/c4-1(2(5)7)6-3(8)9/h1H,(H2,5,7)(H2,6,8,9). The number of nitrogens with two attached hydrogens (primary N) is 1. The van der Waals surface area contributed by atoms with Crippen molar-refractivity contribution in [2.45, 2.75) is 5.50 Å². The molecule has 0 saturated carbocycles. The lowest BCUT2D eigenvalue weighted by atomic mass is 10.6. The van der Waals surface area contributed by atoms with E-state index in [1.54, 1.807) is 0 Å². The molecule has 1 atom stereocenters. The summed E-state index contributed by atoms with van der Waals surface area (Å²) < 4.78 is 0. The lowest BCUT2D eigenvalue weighted by molar-refractivity contribution is -0.118. The summed E-state index contributed by atoms with van der Waals surface area (Å²) in [5.41, 5.74) is 3.49. The summed E-state index contributed by atoms with van der Waals surface area (Å²) in [6, 6.07) is 0. The summed E-state index contributed by atoms with van der Waals surface area (Å²) >= 11 is 8.45. The van der Waals surface area contributed by atoms with Crippen LogP contribution in [0.3, 0.4) is 0 Å². The lowest BCUT2D eigenvalue weighted by Crippen LogP contribution is -2.37. The summed E-state index contributed by atoms with van der Waals surface area (Å²) in [6.45, 7) is 0. The molecule has 52 valence electrons. The van der Waals surface area contributed by atoms with Gasteiger partial charge < -0.3 is 11.1 Å². The summed E-state index contributed by atoms with van der Waals surface area (Å²) in [5.74, 6) is -0.806. The van der Waals surface area contributed by atoms with Crippen LogP contribution in [0.15, 0.2) is 0 Å². The highest BCUT2D eigenvalue weighted by Gasteiger charge is 2.10. The van der Waals surface area contributed by atoms with E-state index >= 15 is 0 Å². The smallest absolute Gasteiger partial charge is 0.277 e. The van der Waals surface area contributed by atoms with Crippen molar-refractivity contribution >= 4 is 35.4 Å². The number of hydrogen-bond acceptors (Lipinski definition) is 2. The third-order valence-corrected chi connectivity index (χ3v) is 0.953. The van der Waals surface area contributed by atoms with Crippen LogP contribution < -0.4 is 11.1 Å². The number of thiol groups is 1. The molecular weight excluding hydrogens is 164 g/mol. The van der Waals surface area contributed by atoms with Gasteiger partial charge in [-0.05, 0) is 0 Å². The molecule has 9 heavy (non-hydrogen) atoms. The van der Waals surface area contributed by atoms with Gasteiger partial charge >= 0.3 is 0 Å². The highest BCUT2D eigenvalue weighted by Crippen LogP contribution is 1.89. The van der Waals surface area contributed by atoms with Crippen molar-refractivity contribution in [2.24, 2.45) is 5.73 Å². The molecule has 6 heteroatoms. The Hall–Kier alpha value is -0.420. The van der Waals surface area contributed by atoms with Crippen LogP contribution in [0.5, 0.6) is 0 Å². The fourth-order valence-corrected chi connectivity index (χ4v) is 0.484. The second kappa shape index (κ2) is 3.58. The number of halogens is 1. The highest BCUT2D eigenvalue weighted by atomic mass is 35.5. The predicted molar refractivity (Wildman–Crippen MR) is 36.4 cm³/mol. The van der Waals surface area contributed by atoms with Gasteiger partial charge in [0, 0.05) is 0 Å². The van der Waals surface area contributed by atoms with Gasteiger partial charge in [0.05, 0.1) is 0 Å². The van der Waals surface area contributed by atoms with E-state index in [-0.39, 0.29) is 0 Å². The molecule has 0 aromatic carbocycles. The molecule has 0 rings (SSSR count). The van der Waals surface area contributed by atoms with Gasteiger partial charge in [-0.1, -0.05) is 24.2 Å². The first-order valence-corrected chi connectivity index (χ1v) is 2.85. The van der Waals surface area contributed by atoms with E-state index < -0.39 is 16.6 Å². The maximum absolute atomic E-state index is 10.1. The molecule has 1 unspecified atom stereocenters. The van der Waals surface area contributed by atoms with Gasteiger partial charge in [0.25, 0.3) is 11.1 Å². The number of rotatable bonds is 2. The third kappa shape index (κ3) is 4.11. The average molecular weight is 169 g/mol. The Morgan fingerprint density at radius 2 is 2.11 bits per heavy atom. The number of alkyl halides is 1.